The predicted octanol–water partition coefficient (Wildman–Crippen LogP) is 5.38. The van der Waals surface area contributed by atoms with Crippen LogP contribution < -0.4 is 14.8 Å². The Bertz CT molecular complexity index is 1220. The van der Waals surface area contributed by atoms with Crippen molar-refractivity contribution in [1.29, 1.82) is 0 Å². The highest BCUT2D eigenvalue weighted by molar-refractivity contribution is 7.10. The molecule has 34 heavy (non-hydrogen) atoms. The molecule has 1 N–H and O–H groups in total. The summed E-state index contributed by atoms with van der Waals surface area (Å²) >= 11 is 1.60. The molecule has 3 aromatic rings. The van der Waals surface area contributed by atoms with Crippen molar-refractivity contribution in [2.24, 2.45) is 0 Å². The Labute approximate surface area is 202 Å². The largest absolute Gasteiger partial charge is 0.486 e. The summed E-state index contributed by atoms with van der Waals surface area (Å²) in [4.78, 5) is 30.8. The van der Waals surface area contributed by atoms with Crippen LogP contribution in [0.1, 0.15) is 58.4 Å². The lowest BCUT2D eigenvalue weighted by molar-refractivity contribution is -0.119. The van der Waals surface area contributed by atoms with Crippen molar-refractivity contribution in [1.82, 2.24) is 4.90 Å². The van der Waals surface area contributed by atoms with Crippen LogP contribution in [0.15, 0.2) is 60.0 Å². The van der Waals surface area contributed by atoms with Crippen LogP contribution in [0, 0.1) is 0 Å². The summed E-state index contributed by atoms with van der Waals surface area (Å²) in [6.07, 6.45) is 4.18. The lowest BCUT2D eigenvalue weighted by Crippen LogP contribution is -2.49. The molecule has 3 aliphatic rings. The molecule has 174 valence electrons. The molecule has 1 aliphatic carbocycles. The average molecular weight is 475 g/mol. The molecular weight excluding hydrogens is 448 g/mol. The zero-order chi connectivity index (χ0) is 23.1. The molecule has 0 saturated heterocycles. The van der Waals surface area contributed by atoms with E-state index in [0.29, 0.717) is 36.0 Å². The maximum absolute atomic E-state index is 14.0. The number of thiophene rings is 1. The Morgan fingerprint density at radius 2 is 1.76 bits per heavy atom. The first-order valence-corrected chi connectivity index (χ1v) is 12.7. The second-order valence-corrected chi connectivity index (χ2v) is 10.0. The van der Waals surface area contributed by atoms with Gasteiger partial charge in [0.05, 0.1) is 12.0 Å². The fourth-order valence-corrected chi connectivity index (χ4v) is 6.38. The highest BCUT2D eigenvalue weighted by atomic mass is 32.1. The zero-order valence-corrected chi connectivity index (χ0v) is 19.6. The zero-order valence-electron chi connectivity index (χ0n) is 18.7. The molecule has 2 atom stereocenters. The molecule has 1 fully saturated rings. The van der Waals surface area contributed by atoms with E-state index in [4.69, 9.17) is 9.47 Å². The molecule has 0 bridgehead atoms. The standard InChI is InChI=1S/C27H26N2O4S/c30-26(28-17-11-12-21-22(16-17)33-14-13-32-21)24-19-8-3-4-9-20(19)27(31)29(18-6-1-2-7-18)25(24)23-10-5-15-34-23/h3-5,8-12,15-16,18,24-25H,1-2,6-7,13-14H2,(H,28,30)/t24-,25+/m1/s1. The van der Waals surface area contributed by atoms with Crippen molar-refractivity contribution in [2.45, 2.75) is 43.7 Å². The average Bonchev–Trinajstić information content (AvgIpc) is 3.58. The SMILES string of the molecule is O=C(Nc1ccc2c(c1)OCCO2)[C@@H]1c2ccccc2C(=O)N(C2CCCC2)[C@H]1c1cccs1. The predicted molar refractivity (Wildman–Crippen MR) is 131 cm³/mol. The van der Waals surface area contributed by atoms with E-state index in [1.54, 1.807) is 17.4 Å². The molecular formula is C27H26N2O4S. The number of nitrogens with zero attached hydrogens (tertiary/aromatic N) is 1. The Balaban J connectivity index is 1.42. The smallest absolute Gasteiger partial charge is 0.254 e. The molecule has 0 radical (unpaired) electrons. The molecule has 2 aliphatic heterocycles. The molecule has 6 rings (SSSR count). The molecule has 2 amide bonds. The number of fused-ring (bicyclic) bond motifs is 2. The van der Waals surface area contributed by atoms with Crippen LogP contribution in [-0.2, 0) is 4.79 Å². The summed E-state index contributed by atoms with van der Waals surface area (Å²) in [6, 6.07) is 16.9. The summed E-state index contributed by atoms with van der Waals surface area (Å²) in [5.41, 5.74) is 2.07. The van der Waals surface area contributed by atoms with Gasteiger partial charge >= 0.3 is 0 Å². The fraction of sp³-hybridized carbons (Fsp3) is 0.333. The van der Waals surface area contributed by atoms with Crippen molar-refractivity contribution >= 4 is 28.8 Å². The van der Waals surface area contributed by atoms with Crippen LogP contribution in [0.25, 0.3) is 0 Å². The lowest BCUT2D eigenvalue weighted by Gasteiger charge is -2.44. The van der Waals surface area contributed by atoms with Crippen molar-refractivity contribution in [3.05, 3.63) is 76.0 Å². The summed E-state index contributed by atoms with van der Waals surface area (Å²) < 4.78 is 11.3. The summed E-state index contributed by atoms with van der Waals surface area (Å²) in [7, 11) is 0. The number of carbonyl (C=O) groups excluding carboxylic acids is 2. The van der Waals surface area contributed by atoms with Crippen molar-refractivity contribution < 1.29 is 19.1 Å². The third-order valence-corrected chi connectivity index (χ3v) is 7.96. The molecule has 7 heteroatoms. The summed E-state index contributed by atoms with van der Waals surface area (Å²) in [6.45, 7) is 1.00. The van der Waals surface area contributed by atoms with E-state index in [1.165, 1.54) is 0 Å². The quantitative estimate of drug-likeness (QED) is 0.551. The Morgan fingerprint density at radius 3 is 2.56 bits per heavy atom. The minimum absolute atomic E-state index is 0.0317. The topological polar surface area (TPSA) is 67.9 Å². The van der Waals surface area contributed by atoms with Crippen LogP contribution >= 0.6 is 11.3 Å². The van der Waals surface area contributed by atoms with Gasteiger partial charge in [-0.1, -0.05) is 37.1 Å². The molecule has 2 aromatic carbocycles. The maximum atomic E-state index is 14.0. The van der Waals surface area contributed by atoms with Gasteiger partial charge in [0.15, 0.2) is 11.5 Å². The second-order valence-electron chi connectivity index (χ2n) is 9.02. The van der Waals surface area contributed by atoms with Gasteiger partial charge in [-0.15, -0.1) is 11.3 Å². The first kappa shape index (κ1) is 21.2. The van der Waals surface area contributed by atoms with E-state index in [2.05, 4.69) is 5.32 Å². The first-order valence-electron chi connectivity index (χ1n) is 11.9. The number of nitrogens with one attached hydrogen (secondary N) is 1. The Morgan fingerprint density at radius 1 is 0.971 bits per heavy atom. The third-order valence-electron chi connectivity index (χ3n) is 7.02. The number of ether oxygens (including phenoxy) is 2. The van der Waals surface area contributed by atoms with E-state index in [-0.39, 0.29) is 23.9 Å². The third kappa shape index (κ3) is 3.64. The number of carbonyl (C=O) groups is 2. The van der Waals surface area contributed by atoms with Crippen molar-refractivity contribution in [2.75, 3.05) is 18.5 Å². The highest BCUT2D eigenvalue weighted by Crippen LogP contribution is 2.47. The minimum atomic E-state index is -0.513. The molecule has 0 spiro atoms. The van der Waals surface area contributed by atoms with Crippen LogP contribution in [-0.4, -0.2) is 36.0 Å². The van der Waals surface area contributed by atoms with E-state index >= 15 is 0 Å². The van der Waals surface area contributed by atoms with Crippen molar-refractivity contribution in [3.63, 3.8) is 0 Å². The van der Waals surface area contributed by atoms with Crippen LogP contribution in [0.4, 0.5) is 5.69 Å². The number of anilines is 1. The van der Waals surface area contributed by atoms with Gasteiger partial charge in [-0.3, -0.25) is 9.59 Å². The Kier molecular flexibility index (Phi) is 5.49. The molecule has 1 saturated carbocycles. The van der Waals surface area contributed by atoms with E-state index in [1.807, 2.05) is 58.8 Å². The van der Waals surface area contributed by atoms with E-state index < -0.39 is 5.92 Å². The number of hydrogen-bond acceptors (Lipinski definition) is 5. The fourth-order valence-electron chi connectivity index (χ4n) is 5.52. The van der Waals surface area contributed by atoms with E-state index in [9.17, 15) is 9.59 Å². The van der Waals surface area contributed by atoms with Gasteiger partial charge in [0.2, 0.25) is 5.91 Å². The van der Waals surface area contributed by atoms with Crippen LogP contribution in [0.5, 0.6) is 11.5 Å². The van der Waals surface area contributed by atoms with Gasteiger partial charge in [-0.2, -0.15) is 0 Å². The summed E-state index contributed by atoms with van der Waals surface area (Å²) in [5, 5.41) is 5.13. The van der Waals surface area contributed by atoms with Crippen molar-refractivity contribution in [3.8, 4) is 11.5 Å². The monoisotopic (exact) mass is 474 g/mol. The normalized spacial score (nSPS) is 21.9. The molecule has 0 unspecified atom stereocenters. The number of hydrogen-bond donors (Lipinski definition) is 1. The lowest BCUT2D eigenvalue weighted by atomic mass is 9.80. The second kappa shape index (κ2) is 8.80. The highest BCUT2D eigenvalue weighted by Gasteiger charge is 2.47. The molecule has 3 heterocycles. The van der Waals surface area contributed by atoms with Gasteiger partial charge < -0.3 is 19.7 Å². The molecule has 6 nitrogen and oxygen atoms in total. The summed E-state index contributed by atoms with van der Waals surface area (Å²) in [5.74, 6) is 0.705. The number of benzene rings is 2. The molecule has 1 aromatic heterocycles. The van der Waals surface area contributed by atoms with E-state index in [0.717, 1.165) is 36.1 Å². The first-order chi connectivity index (χ1) is 16.7. The Hall–Kier alpha value is -3.32. The number of amides is 2. The maximum Gasteiger partial charge on any atom is 0.254 e. The van der Waals surface area contributed by atoms with Gasteiger partial charge in [0.25, 0.3) is 5.91 Å². The van der Waals surface area contributed by atoms with Crippen LogP contribution in [0.3, 0.4) is 0 Å². The van der Waals surface area contributed by atoms with Gasteiger partial charge in [0.1, 0.15) is 13.2 Å². The van der Waals surface area contributed by atoms with Gasteiger partial charge in [-0.05, 0) is 48.1 Å². The van der Waals surface area contributed by atoms with Crippen LogP contribution in [0.2, 0.25) is 0 Å². The van der Waals surface area contributed by atoms with Gasteiger partial charge in [0, 0.05) is 28.2 Å². The minimum Gasteiger partial charge on any atom is -0.486 e. The van der Waals surface area contributed by atoms with Gasteiger partial charge in [-0.25, -0.2) is 0 Å². The number of rotatable bonds is 4.